The summed E-state index contributed by atoms with van der Waals surface area (Å²) in [5.41, 5.74) is 4.43. The summed E-state index contributed by atoms with van der Waals surface area (Å²) >= 11 is 1.68. The standard InChI is InChI=1S/C17H20N2OS/c20-17(14-8-9-15-16(11-14)21-12-19-15)18-10-4-7-13-5-2-1-3-6-13/h1-3,5-6,12,14H,4,7-11H2,(H,18,20). The van der Waals surface area contributed by atoms with Crippen LogP contribution < -0.4 is 5.32 Å². The van der Waals surface area contributed by atoms with E-state index in [2.05, 4.69) is 34.6 Å². The number of carbonyl (C=O) groups excluding carboxylic acids is 1. The first kappa shape index (κ1) is 14.3. The number of hydrogen-bond acceptors (Lipinski definition) is 3. The highest BCUT2D eigenvalue weighted by Gasteiger charge is 2.25. The molecular weight excluding hydrogens is 280 g/mol. The van der Waals surface area contributed by atoms with Crippen LogP contribution in [-0.2, 0) is 24.1 Å². The van der Waals surface area contributed by atoms with Gasteiger partial charge in [-0.3, -0.25) is 4.79 Å². The third-order valence-electron chi connectivity index (χ3n) is 4.04. The number of rotatable bonds is 5. The molecule has 0 spiro atoms. The van der Waals surface area contributed by atoms with Gasteiger partial charge in [0.1, 0.15) is 0 Å². The van der Waals surface area contributed by atoms with Gasteiger partial charge in [-0.25, -0.2) is 4.98 Å². The van der Waals surface area contributed by atoms with E-state index in [-0.39, 0.29) is 11.8 Å². The van der Waals surface area contributed by atoms with Crippen molar-refractivity contribution in [3.05, 3.63) is 52.0 Å². The average molecular weight is 300 g/mol. The van der Waals surface area contributed by atoms with Crippen molar-refractivity contribution in [2.75, 3.05) is 6.54 Å². The van der Waals surface area contributed by atoms with Crippen molar-refractivity contribution in [2.24, 2.45) is 5.92 Å². The highest BCUT2D eigenvalue weighted by Crippen LogP contribution is 2.27. The van der Waals surface area contributed by atoms with Crippen LogP contribution in [0.3, 0.4) is 0 Å². The third-order valence-corrected chi connectivity index (χ3v) is 4.94. The second-order valence-electron chi connectivity index (χ2n) is 5.54. The molecule has 1 N–H and O–H groups in total. The minimum absolute atomic E-state index is 0.134. The largest absolute Gasteiger partial charge is 0.356 e. The van der Waals surface area contributed by atoms with E-state index in [0.29, 0.717) is 0 Å². The van der Waals surface area contributed by atoms with Gasteiger partial charge < -0.3 is 5.32 Å². The van der Waals surface area contributed by atoms with Crippen molar-refractivity contribution in [1.82, 2.24) is 10.3 Å². The van der Waals surface area contributed by atoms with Crippen molar-refractivity contribution in [3.63, 3.8) is 0 Å². The van der Waals surface area contributed by atoms with E-state index in [1.165, 1.54) is 16.1 Å². The van der Waals surface area contributed by atoms with Gasteiger partial charge in [0.15, 0.2) is 0 Å². The van der Waals surface area contributed by atoms with E-state index < -0.39 is 0 Å². The Labute approximate surface area is 129 Å². The number of amides is 1. The van der Waals surface area contributed by atoms with Crippen LogP contribution in [0.15, 0.2) is 35.8 Å². The number of benzene rings is 1. The summed E-state index contributed by atoms with van der Waals surface area (Å²) in [6.45, 7) is 0.764. The number of aromatic nitrogens is 1. The molecule has 1 amide bonds. The van der Waals surface area contributed by atoms with Crippen molar-refractivity contribution in [2.45, 2.75) is 32.1 Å². The van der Waals surface area contributed by atoms with E-state index in [4.69, 9.17) is 0 Å². The lowest BCUT2D eigenvalue weighted by Gasteiger charge is -2.20. The number of aryl methyl sites for hydroxylation is 2. The van der Waals surface area contributed by atoms with E-state index in [9.17, 15) is 4.79 Å². The molecule has 1 aliphatic rings. The van der Waals surface area contributed by atoms with Gasteiger partial charge >= 0.3 is 0 Å². The number of hydrogen-bond donors (Lipinski definition) is 1. The van der Waals surface area contributed by atoms with Gasteiger partial charge in [0.05, 0.1) is 11.2 Å². The Kier molecular flexibility index (Phi) is 4.65. The number of nitrogens with one attached hydrogen (secondary N) is 1. The summed E-state index contributed by atoms with van der Waals surface area (Å²) in [5.74, 6) is 0.344. The van der Waals surface area contributed by atoms with E-state index in [0.717, 1.165) is 38.6 Å². The Morgan fingerprint density at radius 3 is 3.05 bits per heavy atom. The Morgan fingerprint density at radius 1 is 1.33 bits per heavy atom. The fraction of sp³-hybridized carbons (Fsp3) is 0.412. The molecule has 1 aromatic carbocycles. The van der Waals surface area contributed by atoms with Gasteiger partial charge in [-0.2, -0.15) is 0 Å². The van der Waals surface area contributed by atoms with E-state index in [1.807, 2.05) is 11.6 Å². The van der Waals surface area contributed by atoms with Crippen LogP contribution in [-0.4, -0.2) is 17.4 Å². The number of carbonyl (C=O) groups is 1. The molecule has 3 nitrogen and oxygen atoms in total. The van der Waals surface area contributed by atoms with Crippen LogP contribution in [0.5, 0.6) is 0 Å². The highest BCUT2D eigenvalue weighted by atomic mass is 32.1. The molecule has 0 aliphatic heterocycles. The molecular formula is C17H20N2OS. The van der Waals surface area contributed by atoms with Crippen LogP contribution in [0.2, 0.25) is 0 Å². The lowest BCUT2D eigenvalue weighted by molar-refractivity contribution is -0.125. The molecule has 21 heavy (non-hydrogen) atoms. The van der Waals surface area contributed by atoms with Crippen molar-refractivity contribution in [1.29, 1.82) is 0 Å². The number of nitrogens with zero attached hydrogens (tertiary/aromatic N) is 1. The third kappa shape index (κ3) is 3.70. The molecule has 1 aromatic heterocycles. The topological polar surface area (TPSA) is 42.0 Å². The molecule has 0 saturated heterocycles. The summed E-state index contributed by atoms with van der Waals surface area (Å²) in [6.07, 6.45) is 4.76. The van der Waals surface area contributed by atoms with E-state index >= 15 is 0 Å². The van der Waals surface area contributed by atoms with Crippen LogP contribution >= 0.6 is 11.3 Å². The van der Waals surface area contributed by atoms with Crippen LogP contribution in [0, 0.1) is 5.92 Å². The van der Waals surface area contributed by atoms with Gasteiger partial charge in [-0.15, -0.1) is 11.3 Å². The summed E-state index contributed by atoms with van der Waals surface area (Å²) in [6, 6.07) is 10.4. The van der Waals surface area contributed by atoms with Crippen molar-refractivity contribution in [3.8, 4) is 0 Å². The normalized spacial score (nSPS) is 17.2. The second kappa shape index (κ2) is 6.85. The van der Waals surface area contributed by atoms with Crippen LogP contribution in [0.1, 0.15) is 29.0 Å². The Bertz CT molecular complexity index is 594. The summed E-state index contributed by atoms with van der Waals surface area (Å²) in [4.78, 5) is 17.9. The minimum atomic E-state index is 0.134. The average Bonchev–Trinajstić information content (AvgIpc) is 3.00. The maximum absolute atomic E-state index is 12.2. The molecule has 3 rings (SSSR count). The second-order valence-corrected chi connectivity index (χ2v) is 6.48. The molecule has 0 radical (unpaired) electrons. The first-order valence-corrected chi connectivity index (χ1v) is 8.44. The molecule has 2 aromatic rings. The van der Waals surface area contributed by atoms with Gasteiger partial charge in [-0.05, 0) is 37.7 Å². The highest BCUT2D eigenvalue weighted by molar-refractivity contribution is 7.09. The lowest BCUT2D eigenvalue weighted by Crippen LogP contribution is -2.34. The SMILES string of the molecule is O=C(NCCCc1ccccc1)C1CCc2ncsc2C1. The van der Waals surface area contributed by atoms with Gasteiger partial charge in [-0.1, -0.05) is 30.3 Å². The maximum atomic E-state index is 12.2. The molecule has 0 saturated carbocycles. The molecule has 1 aliphatic carbocycles. The predicted molar refractivity (Wildman–Crippen MR) is 85.4 cm³/mol. The van der Waals surface area contributed by atoms with Gasteiger partial charge in [0.25, 0.3) is 0 Å². The Morgan fingerprint density at radius 2 is 2.19 bits per heavy atom. The first-order chi connectivity index (χ1) is 10.3. The molecule has 1 unspecified atom stereocenters. The minimum Gasteiger partial charge on any atom is -0.356 e. The summed E-state index contributed by atoms with van der Waals surface area (Å²) in [5, 5.41) is 3.09. The molecule has 0 fully saturated rings. The van der Waals surface area contributed by atoms with Crippen molar-refractivity contribution < 1.29 is 4.79 Å². The van der Waals surface area contributed by atoms with Crippen LogP contribution in [0.25, 0.3) is 0 Å². The zero-order valence-electron chi connectivity index (χ0n) is 12.0. The molecule has 0 bridgehead atoms. The lowest BCUT2D eigenvalue weighted by atomic mass is 9.90. The quantitative estimate of drug-likeness (QED) is 0.863. The smallest absolute Gasteiger partial charge is 0.223 e. The van der Waals surface area contributed by atoms with E-state index in [1.54, 1.807) is 11.3 Å². The van der Waals surface area contributed by atoms with Gasteiger partial charge in [0, 0.05) is 17.3 Å². The number of fused-ring (bicyclic) bond motifs is 1. The fourth-order valence-electron chi connectivity index (χ4n) is 2.82. The fourth-order valence-corrected chi connectivity index (χ4v) is 3.71. The van der Waals surface area contributed by atoms with Gasteiger partial charge in [0.2, 0.25) is 5.91 Å². The van der Waals surface area contributed by atoms with Crippen LogP contribution in [0.4, 0.5) is 0 Å². The first-order valence-electron chi connectivity index (χ1n) is 7.56. The summed E-state index contributed by atoms with van der Waals surface area (Å²) < 4.78 is 0. The zero-order chi connectivity index (χ0) is 14.5. The molecule has 1 atom stereocenters. The zero-order valence-corrected chi connectivity index (χ0v) is 12.9. The number of thiazole rings is 1. The molecule has 1 heterocycles. The Balaban J connectivity index is 1.41. The summed E-state index contributed by atoms with van der Waals surface area (Å²) in [7, 11) is 0. The predicted octanol–water partition coefficient (Wildman–Crippen LogP) is 3.00. The monoisotopic (exact) mass is 300 g/mol. The maximum Gasteiger partial charge on any atom is 0.223 e. The Hall–Kier alpha value is -1.68. The molecule has 110 valence electrons. The molecule has 4 heteroatoms. The van der Waals surface area contributed by atoms with Crippen molar-refractivity contribution >= 4 is 17.2 Å².